The summed E-state index contributed by atoms with van der Waals surface area (Å²) in [5, 5.41) is 1.08. The van der Waals surface area contributed by atoms with Gasteiger partial charge in [0.15, 0.2) is 0 Å². The van der Waals surface area contributed by atoms with E-state index in [0.717, 1.165) is 22.3 Å². The molecular weight excluding hydrogens is 300 g/mol. The molecule has 0 bridgehead atoms. The molecule has 21 heavy (non-hydrogen) atoms. The van der Waals surface area contributed by atoms with Crippen molar-refractivity contribution in [3.63, 3.8) is 0 Å². The Labute approximate surface area is 134 Å². The van der Waals surface area contributed by atoms with Crippen LogP contribution < -0.4 is 0 Å². The summed E-state index contributed by atoms with van der Waals surface area (Å²) in [5.74, 6) is 0. The van der Waals surface area contributed by atoms with E-state index in [-0.39, 0.29) is 17.1 Å². The molecule has 4 rings (SSSR count). The van der Waals surface area contributed by atoms with Crippen molar-refractivity contribution in [3.8, 4) is 11.3 Å². The average Bonchev–Trinajstić information content (AvgIpc) is 3.22. The molecule has 0 atom stereocenters. The maximum absolute atomic E-state index is 4.51. The van der Waals surface area contributed by atoms with Gasteiger partial charge in [-0.05, 0) is 11.5 Å². The van der Waals surface area contributed by atoms with Gasteiger partial charge >= 0.3 is 0 Å². The molecule has 0 aliphatic heterocycles. The first-order chi connectivity index (χ1) is 9.93. The summed E-state index contributed by atoms with van der Waals surface area (Å²) in [5.41, 5.74) is 2.92. The summed E-state index contributed by atoms with van der Waals surface area (Å²) in [7, 11) is 0. The molecule has 0 unspecified atom stereocenters. The van der Waals surface area contributed by atoms with Crippen molar-refractivity contribution >= 4 is 11.0 Å². The summed E-state index contributed by atoms with van der Waals surface area (Å²) in [4.78, 5) is 8.75. The van der Waals surface area contributed by atoms with Crippen LogP contribution in [0.5, 0.6) is 0 Å². The monoisotopic (exact) mass is 314 g/mol. The number of fused-ring (bicyclic) bond motifs is 1. The first kappa shape index (κ1) is 15.2. The maximum Gasteiger partial charge on any atom is 0.127 e. The Morgan fingerprint density at radius 3 is 2.33 bits per heavy atom. The fourth-order valence-corrected chi connectivity index (χ4v) is 1.98. The molecule has 0 aliphatic rings. The Morgan fingerprint density at radius 2 is 1.67 bits per heavy atom. The smallest absolute Gasteiger partial charge is 0.127 e. The fourth-order valence-electron chi connectivity index (χ4n) is 1.98. The number of aromatic nitrogens is 2. The molecule has 2 aromatic carbocycles. The second kappa shape index (κ2) is 7.53. The standard InChI is InChI=1S/C13H9N2.C5H5.Fe/c1-2-5-10(4-1)12-8-7-11-6-3-9-14-13(11)15-12;1-2-4-5-3-1;/h1-9H;1-5H;/q-5;-1;. The van der Waals surface area contributed by atoms with E-state index in [1.165, 1.54) is 0 Å². The molecular formula is C18H14FeN2-6. The molecule has 2 aromatic heterocycles. The second-order valence-electron chi connectivity index (χ2n) is 4.38. The van der Waals surface area contributed by atoms with Gasteiger partial charge in [-0.2, -0.15) is 24.3 Å². The third kappa shape index (κ3) is 3.88. The van der Waals surface area contributed by atoms with Gasteiger partial charge in [-0.3, -0.25) is 0 Å². The second-order valence-corrected chi connectivity index (χ2v) is 4.38. The largest absolute Gasteiger partial charge is 0.664 e. The number of hydrogen-bond donors (Lipinski definition) is 0. The van der Waals surface area contributed by atoms with Crippen LogP contribution in [0, 0.1) is 0 Å². The Hall–Kier alpha value is -2.22. The van der Waals surface area contributed by atoms with Crippen LogP contribution in [-0.4, -0.2) is 9.97 Å². The Balaban J connectivity index is 0.000000231. The van der Waals surface area contributed by atoms with Crippen molar-refractivity contribution < 1.29 is 17.1 Å². The van der Waals surface area contributed by atoms with E-state index >= 15 is 0 Å². The molecule has 3 heteroatoms. The molecule has 0 saturated heterocycles. The summed E-state index contributed by atoms with van der Waals surface area (Å²) in [6.07, 6.45) is 1.77. The number of nitrogens with zero attached hydrogens (tertiary/aromatic N) is 2. The van der Waals surface area contributed by atoms with Gasteiger partial charge in [-0.15, -0.1) is 0 Å². The van der Waals surface area contributed by atoms with Crippen molar-refractivity contribution in [1.82, 2.24) is 9.97 Å². The maximum atomic E-state index is 4.51. The number of hydrogen-bond acceptors (Lipinski definition) is 2. The molecule has 2 heterocycles. The van der Waals surface area contributed by atoms with Crippen LogP contribution in [-0.2, 0) is 17.1 Å². The molecule has 0 aliphatic carbocycles. The zero-order valence-electron chi connectivity index (χ0n) is 11.3. The quantitative estimate of drug-likeness (QED) is 0.384. The van der Waals surface area contributed by atoms with Crippen molar-refractivity contribution in [2.45, 2.75) is 0 Å². The predicted molar refractivity (Wildman–Crippen MR) is 82.6 cm³/mol. The summed E-state index contributed by atoms with van der Waals surface area (Å²) < 4.78 is 0. The van der Waals surface area contributed by atoms with Gasteiger partial charge in [0.1, 0.15) is 5.65 Å². The van der Waals surface area contributed by atoms with E-state index < -0.39 is 0 Å². The topological polar surface area (TPSA) is 25.8 Å². The van der Waals surface area contributed by atoms with Gasteiger partial charge in [0.25, 0.3) is 0 Å². The van der Waals surface area contributed by atoms with E-state index in [2.05, 4.69) is 28.2 Å². The van der Waals surface area contributed by atoms with Crippen LogP contribution in [0.15, 0.2) is 85.1 Å². The minimum absolute atomic E-state index is 0. The van der Waals surface area contributed by atoms with Gasteiger partial charge in [0.2, 0.25) is 0 Å². The van der Waals surface area contributed by atoms with E-state index in [9.17, 15) is 0 Å². The Morgan fingerprint density at radius 1 is 0.905 bits per heavy atom. The van der Waals surface area contributed by atoms with E-state index in [4.69, 9.17) is 0 Å². The van der Waals surface area contributed by atoms with Crippen LogP contribution in [0.2, 0.25) is 0 Å². The summed E-state index contributed by atoms with van der Waals surface area (Å²) in [6.45, 7) is 0. The predicted octanol–water partition coefficient (Wildman–Crippen LogP) is 4.42. The molecule has 110 valence electrons. The molecule has 0 amide bonds. The van der Waals surface area contributed by atoms with Crippen molar-refractivity contribution in [2.24, 2.45) is 0 Å². The van der Waals surface area contributed by atoms with Crippen LogP contribution in [0.3, 0.4) is 0 Å². The summed E-state index contributed by atoms with van der Waals surface area (Å²) >= 11 is 0. The SMILES string of the molecule is [Fe].c1cc[cH-]c1.c1cnc2nc(-[c-]3[cH-][cH-][cH-][cH-]3)ccc2c1. The van der Waals surface area contributed by atoms with Crippen molar-refractivity contribution in [1.29, 1.82) is 0 Å². The van der Waals surface area contributed by atoms with Crippen LogP contribution in [0.4, 0.5) is 0 Å². The zero-order chi connectivity index (χ0) is 13.6. The van der Waals surface area contributed by atoms with E-state index in [0.29, 0.717) is 0 Å². The van der Waals surface area contributed by atoms with Crippen molar-refractivity contribution in [2.75, 3.05) is 0 Å². The van der Waals surface area contributed by atoms with Gasteiger partial charge in [0.05, 0.1) is 0 Å². The van der Waals surface area contributed by atoms with E-state index in [1.54, 1.807) is 6.20 Å². The average molecular weight is 314 g/mol. The third-order valence-electron chi connectivity index (χ3n) is 2.98. The van der Waals surface area contributed by atoms with Gasteiger partial charge < -0.3 is 46.6 Å². The molecule has 0 N–H and O–H groups in total. The molecule has 0 radical (unpaired) electrons. The first-order valence-electron chi connectivity index (χ1n) is 6.54. The minimum Gasteiger partial charge on any atom is -0.664 e. The first-order valence-corrected chi connectivity index (χ1v) is 6.54. The zero-order valence-corrected chi connectivity index (χ0v) is 12.4. The molecule has 4 aromatic rings. The Kier molecular flexibility index (Phi) is 5.44. The number of pyridine rings is 2. The van der Waals surface area contributed by atoms with E-state index in [1.807, 2.05) is 60.7 Å². The minimum atomic E-state index is 0. The third-order valence-corrected chi connectivity index (χ3v) is 2.98. The van der Waals surface area contributed by atoms with Gasteiger partial charge in [0, 0.05) is 23.3 Å². The Bertz CT molecular complexity index is 742. The molecule has 0 saturated carbocycles. The fraction of sp³-hybridized carbons (Fsp3) is 0. The van der Waals surface area contributed by atoms with Crippen LogP contribution in [0.25, 0.3) is 22.3 Å². The van der Waals surface area contributed by atoms with Crippen LogP contribution in [0.1, 0.15) is 0 Å². The molecule has 2 nitrogen and oxygen atoms in total. The van der Waals surface area contributed by atoms with Gasteiger partial charge in [-0.1, -0.05) is 6.07 Å². The normalized spacial score (nSPS) is 9.52. The van der Waals surface area contributed by atoms with Crippen LogP contribution >= 0.6 is 0 Å². The molecule has 0 spiro atoms. The van der Waals surface area contributed by atoms with Gasteiger partial charge in [-0.25, -0.2) is 17.1 Å². The summed E-state index contributed by atoms with van der Waals surface area (Å²) in [6, 6.07) is 26.2. The van der Waals surface area contributed by atoms with Crippen molar-refractivity contribution in [3.05, 3.63) is 85.1 Å². The number of rotatable bonds is 1. The molecule has 0 fully saturated rings.